The van der Waals surface area contributed by atoms with E-state index in [2.05, 4.69) is 25.6 Å². The highest BCUT2D eigenvalue weighted by Gasteiger charge is 1.87. The van der Waals surface area contributed by atoms with Crippen LogP contribution in [0.3, 0.4) is 0 Å². The number of ketones is 1. The number of benzene rings is 1. The second kappa shape index (κ2) is 8.90. The summed E-state index contributed by atoms with van der Waals surface area (Å²) in [4.78, 5) is 10.2. The molecule has 0 atom stereocenters. The number of unbranched alkanes of at least 4 members (excludes halogenated alkanes) is 1. The minimum Gasteiger partial charge on any atom is -0.300 e. The number of allylic oxidation sites excluding steroid dienone is 1. The first-order valence-electron chi connectivity index (χ1n) is 5.78. The Morgan fingerprint density at radius 2 is 1.75 bits per heavy atom. The molecule has 0 aliphatic carbocycles. The van der Waals surface area contributed by atoms with Gasteiger partial charge >= 0.3 is 0 Å². The second-order valence-electron chi connectivity index (χ2n) is 3.95. The van der Waals surface area contributed by atoms with Gasteiger partial charge in [0.2, 0.25) is 0 Å². The van der Waals surface area contributed by atoms with E-state index >= 15 is 0 Å². The number of carbonyl (C=O) groups excluding carboxylic acids is 1. The Balaban J connectivity index is 0.000000293. The van der Waals surface area contributed by atoms with Crippen LogP contribution in [0, 0.1) is 0 Å². The van der Waals surface area contributed by atoms with Crippen molar-refractivity contribution < 1.29 is 4.79 Å². The van der Waals surface area contributed by atoms with Gasteiger partial charge in [0.05, 0.1) is 0 Å². The van der Waals surface area contributed by atoms with Crippen molar-refractivity contribution in [2.24, 2.45) is 0 Å². The van der Waals surface area contributed by atoms with Crippen molar-refractivity contribution in [2.75, 3.05) is 0 Å². The molecule has 1 rings (SSSR count). The molecule has 88 valence electrons. The maximum absolute atomic E-state index is 10.2. The Hall–Kier alpha value is -1.37. The molecule has 16 heavy (non-hydrogen) atoms. The van der Waals surface area contributed by atoms with Crippen molar-refractivity contribution >= 4 is 11.4 Å². The lowest BCUT2D eigenvalue weighted by molar-refractivity contribution is -0.117. The maximum atomic E-state index is 10.2. The van der Waals surface area contributed by atoms with Gasteiger partial charge in [0.15, 0.2) is 0 Å². The average Bonchev–Trinajstić information content (AvgIpc) is 2.28. The van der Waals surface area contributed by atoms with Crippen molar-refractivity contribution in [3.8, 4) is 0 Å². The minimum atomic E-state index is 0.307. The number of carbonyl (C=O) groups is 1. The highest BCUT2D eigenvalue weighted by Crippen LogP contribution is 2.08. The van der Waals surface area contributed by atoms with Gasteiger partial charge in [-0.15, -0.1) is 0 Å². The summed E-state index contributed by atoms with van der Waals surface area (Å²) in [6.45, 7) is 9.56. The first-order valence-corrected chi connectivity index (χ1v) is 5.78. The Labute approximate surface area is 99.2 Å². The summed E-state index contributed by atoms with van der Waals surface area (Å²) in [6.07, 6.45) is 2.94. The van der Waals surface area contributed by atoms with Crippen LogP contribution in [0.5, 0.6) is 0 Å². The number of hydrogen-bond donors (Lipinski definition) is 0. The van der Waals surface area contributed by atoms with Crippen LogP contribution in [0.4, 0.5) is 0 Å². The summed E-state index contributed by atoms with van der Waals surface area (Å²) in [5.74, 6) is 0.307. The molecule has 0 heterocycles. The monoisotopic (exact) mass is 218 g/mol. The molecule has 0 aliphatic heterocycles. The lowest BCUT2D eigenvalue weighted by Gasteiger charge is -1.94. The summed E-state index contributed by atoms with van der Waals surface area (Å²) in [6, 6.07) is 10.2. The van der Waals surface area contributed by atoms with Gasteiger partial charge < -0.3 is 4.79 Å². The lowest BCUT2D eigenvalue weighted by Crippen LogP contribution is -1.86. The lowest BCUT2D eigenvalue weighted by atomic mass is 10.1. The van der Waals surface area contributed by atoms with E-state index < -0.39 is 0 Å². The van der Waals surface area contributed by atoms with Crippen LogP contribution >= 0.6 is 0 Å². The van der Waals surface area contributed by atoms with E-state index in [4.69, 9.17) is 0 Å². The van der Waals surface area contributed by atoms with E-state index in [0.717, 1.165) is 24.8 Å². The largest absolute Gasteiger partial charge is 0.300 e. The van der Waals surface area contributed by atoms with Gasteiger partial charge in [-0.2, -0.15) is 0 Å². The van der Waals surface area contributed by atoms with Gasteiger partial charge in [-0.05, 0) is 25.8 Å². The summed E-state index contributed by atoms with van der Waals surface area (Å²) in [5, 5.41) is 0. The molecule has 1 heteroatoms. The standard InChI is InChI=1S/C9H10.C6H12O/c1-8(2)9-6-4-3-5-7-9;1-3-4-5-6(2)7/h3-7H,1H2,2H3;3-5H2,1-2H3. The van der Waals surface area contributed by atoms with E-state index in [9.17, 15) is 4.79 Å². The second-order valence-corrected chi connectivity index (χ2v) is 3.95. The molecule has 0 amide bonds. The highest BCUT2D eigenvalue weighted by molar-refractivity contribution is 5.75. The van der Waals surface area contributed by atoms with Crippen LogP contribution in [0.1, 0.15) is 45.6 Å². The number of Topliss-reactive ketones (excluding diaryl/α,β-unsaturated/α-hetero) is 1. The van der Waals surface area contributed by atoms with Gasteiger partial charge in [-0.3, -0.25) is 0 Å². The molecule has 0 saturated carbocycles. The molecular weight excluding hydrogens is 196 g/mol. The summed E-state index contributed by atoms with van der Waals surface area (Å²) < 4.78 is 0. The molecule has 0 radical (unpaired) electrons. The van der Waals surface area contributed by atoms with Crippen LogP contribution in [-0.4, -0.2) is 5.78 Å². The SMILES string of the molecule is C=C(C)c1ccccc1.CCCCC(C)=O. The molecule has 1 aromatic rings. The van der Waals surface area contributed by atoms with E-state index in [0.29, 0.717) is 5.78 Å². The Bertz CT molecular complexity index is 311. The van der Waals surface area contributed by atoms with Gasteiger partial charge in [0.25, 0.3) is 0 Å². The molecule has 0 fully saturated rings. The van der Waals surface area contributed by atoms with E-state index in [-0.39, 0.29) is 0 Å². The van der Waals surface area contributed by atoms with Crippen molar-refractivity contribution in [1.29, 1.82) is 0 Å². The predicted molar refractivity (Wildman–Crippen MR) is 71.4 cm³/mol. The fourth-order valence-corrected chi connectivity index (χ4v) is 1.15. The van der Waals surface area contributed by atoms with Crippen LogP contribution in [0.2, 0.25) is 0 Å². The fourth-order valence-electron chi connectivity index (χ4n) is 1.15. The van der Waals surface area contributed by atoms with Gasteiger partial charge in [-0.25, -0.2) is 0 Å². The summed E-state index contributed by atoms with van der Waals surface area (Å²) in [7, 11) is 0. The molecule has 0 bridgehead atoms. The first kappa shape index (κ1) is 14.6. The zero-order chi connectivity index (χ0) is 12.4. The first-order chi connectivity index (χ1) is 7.57. The van der Waals surface area contributed by atoms with Gasteiger partial charge in [-0.1, -0.05) is 55.8 Å². The van der Waals surface area contributed by atoms with Gasteiger partial charge in [0.1, 0.15) is 5.78 Å². The third-order valence-electron chi connectivity index (χ3n) is 2.15. The molecule has 0 spiro atoms. The number of rotatable bonds is 4. The van der Waals surface area contributed by atoms with Crippen LogP contribution in [0.15, 0.2) is 36.9 Å². The summed E-state index contributed by atoms with van der Waals surface area (Å²) >= 11 is 0. The van der Waals surface area contributed by atoms with E-state index in [1.54, 1.807) is 6.92 Å². The molecule has 0 N–H and O–H groups in total. The summed E-state index contributed by atoms with van der Waals surface area (Å²) in [5.41, 5.74) is 2.34. The third kappa shape index (κ3) is 7.98. The van der Waals surface area contributed by atoms with Crippen LogP contribution in [0.25, 0.3) is 5.57 Å². The maximum Gasteiger partial charge on any atom is 0.129 e. The van der Waals surface area contributed by atoms with Crippen molar-refractivity contribution in [3.05, 3.63) is 42.5 Å². The fraction of sp³-hybridized carbons (Fsp3) is 0.400. The molecule has 0 aliphatic rings. The van der Waals surface area contributed by atoms with Crippen molar-refractivity contribution in [1.82, 2.24) is 0 Å². The van der Waals surface area contributed by atoms with Crippen LogP contribution in [-0.2, 0) is 4.79 Å². The molecule has 0 unspecified atom stereocenters. The predicted octanol–water partition coefficient (Wildman–Crippen LogP) is 4.49. The zero-order valence-corrected chi connectivity index (χ0v) is 10.6. The molecule has 1 aromatic carbocycles. The molecule has 0 saturated heterocycles. The van der Waals surface area contributed by atoms with Gasteiger partial charge in [0, 0.05) is 6.42 Å². The minimum absolute atomic E-state index is 0.307. The normalized spacial score (nSPS) is 8.94. The zero-order valence-electron chi connectivity index (χ0n) is 10.6. The highest BCUT2D eigenvalue weighted by atomic mass is 16.1. The molecule has 0 aromatic heterocycles. The quantitative estimate of drug-likeness (QED) is 0.728. The Morgan fingerprint density at radius 1 is 1.19 bits per heavy atom. The number of hydrogen-bond acceptors (Lipinski definition) is 1. The van der Waals surface area contributed by atoms with Crippen molar-refractivity contribution in [3.63, 3.8) is 0 Å². The van der Waals surface area contributed by atoms with E-state index in [1.165, 1.54) is 5.56 Å². The Morgan fingerprint density at radius 3 is 2.00 bits per heavy atom. The molecule has 1 nitrogen and oxygen atoms in total. The van der Waals surface area contributed by atoms with Crippen LogP contribution < -0.4 is 0 Å². The van der Waals surface area contributed by atoms with Crippen molar-refractivity contribution in [2.45, 2.75) is 40.0 Å². The topological polar surface area (TPSA) is 17.1 Å². The third-order valence-corrected chi connectivity index (χ3v) is 2.15. The molecular formula is C15H22O. The smallest absolute Gasteiger partial charge is 0.129 e. The average molecular weight is 218 g/mol. The Kier molecular flexibility index (Phi) is 8.14. The van der Waals surface area contributed by atoms with E-state index in [1.807, 2.05) is 25.1 Å².